The third kappa shape index (κ3) is 5.29. The van der Waals surface area contributed by atoms with E-state index in [1.807, 2.05) is 6.07 Å². The van der Waals surface area contributed by atoms with Gasteiger partial charge in [-0.15, -0.1) is 0 Å². The highest BCUT2D eigenvalue weighted by Gasteiger charge is 2.30. The molecule has 0 aliphatic rings. The third-order valence-electron chi connectivity index (χ3n) is 3.96. The van der Waals surface area contributed by atoms with Gasteiger partial charge in [0.2, 0.25) is 0 Å². The molecule has 1 amide bonds. The number of halogens is 3. The highest BCUT2D eigenvalue weighted by molar-refractivity contribution is 7.92. The van der Waals surface area contributed by atoms with Gasteiger partial charge in [0.25, 0.3) is 15.9 Å². The van der Waals surface area contributed by atoms with E-state index >= 15 is 0 Å². The van der Waals surface area contributed by atoms with E-state index in [1.165, 1.54) is 30.3 Å². The van der Waals surface area contributed by atoms with Crippen LogP contribution in [0.15, 0.2) is 83.8 Å². The number of para-hydroxylation sites is 1. The Labute approximate surface area is 170 Å². The largest absolute Gasteiger partial charge is 0.416 e. The first-order chi connectivity index (χ1) is 14.1. The van der Waals surface area contributed by atoms with Crippen LogP contribution in [0.2, 0.25) is 0 Å². The molecular weight excluding hydrogens is 419 g/mol. The van der Waals surface area contributed by atoms with Crippen LogP contribution in [0, 0.1) is 0 Å². The number of hydrogen-bond donors (Lipinski definition) is 3. The van der Waals surface area contributed by atoms with Gasteiger partial charge in [-0.2, -0.15) is 13.2 Å². The zero-order valence-electron chi connectivity index (χ0n) is 15.3. The van der Waals surface area contributed by atoms with E-state index in [0.717, 1.165) is 12.1 Å². The molecule has 156 valence electrons. The molecule has 3 aromatic carbocycles. The minimum atomic E-state index is -4.59. The molecule has 6 nitrogen and oxygen atoms in total. The zero-order chi connectivity index (χ0) is 21.8. The summed E-state index contributed by atoms with van der Waals surface area (Å²) >= 11 is 0. The quantitative estimate of drug-likeness (QED) is 0.505. The number of nitrogens with one attached hydrogen (secondary N) is 3. The second-order valence-corrected chi connectivity index (χ2v) is 7.84. The molecule has 0 atom stereocenters. The van der Waals surface area contributed by atoms with Gasteiger partial charge in [0.15, 0.2) is 0 Å². The average molecular weight is 435 g/mol. The molecule has 0 aliphatic carbocycles. The van der Waals surface area contributed by atoms with Crippen LogP contribution in [0.1, 0.15) is 15.9 Å². The predicted octanol–water partition coefficient (Wildman–Crippen LogP) is 4.26. The molecule has 3 rings (SSSR count). The van der Waals surface area contributed by atoms with E-state index in [9.17, 15) is 26.4 Å². The molecule has 0 radical (unpaired) electrons. The van der Waals surface area contributed by atoms with Crippen LogP contribution in [0.3, 0.4) is 0 Å². The number of amides is 1. The van der Waals surface area contributed by atoms with Gasteiger partial charge >= 0.3 is 6.18 Å². The Morgan fingerprint density at radius 2 is 1.43 bits per heavy atom. The van der Waals surface area contributed by atoms with E-state index < -0.39 is 27.7 Å². The van der Waals surface area contributed by atoms with Gasteiger partial charge in [0.1, 0.15) is 0 Å². The molecule has 10 heteroatoms. The summed E-state index contributed by atoms with van der Waals surface area (Å²) in [5.41, 5.74) is 4.85. The molecular formula is C20H16F3N3O3S. The maximum absolute atomic E-state index is 12.8. The van der Waals surface area contributed by atoms with Crippen molar-refractivity contribution in [2.75, 3.05) is 10.1 Å². The van der Waals surface area contributed by atoms with Crippen molar-refractivity contribution in [3.05, 3.63) is 90.0 Å². The molecule has 0 unspecified atom stereocenters. The number of anilines is 2. The number of alkyl halides is 3. The number of benzene rings is 3. The summed E-state index contributed by atoms with van der Waals surface area (Å²) in [7, 11) is -4.14. The van der Waals surface area contributed by atoms with E-state index in [4.69, 9.17) is 0 Å². The van der Waals surface area contributed by atoms with Crippen molar-refractivity contribution in [1.82, 2.24) is 5.43 Å². The van der Waals surface area contributed by atoms with Crippen molar-refractivity contribution in [1.29, 1.82) is 0 Å². The fourth-order valence-electron chi connectivity index (χ4n) is 2.48. The summed E-state index contributed by atoms with van der Waals surface area (Å²) in [6, 6.07) is 17.7. The molecule has 3 aromatic rings. The van der Waals surface area contributed by atoms with Gasteiger partial charge in [0, 0.05) is 11.3 Å². The maximum Gasteiger partial charge on any atom is 0.416 e. The van der Waals surface area contributed by atoms with E-state index in [-0.39, 0.29) is 16.1 Å². The lowest BCUT2D eigenvalue weighted by Gasteiger charge is -2.12. The summed E-state index contributed by atoms with van der Waals surface area (Å²) in [6.45, 7) is 0. The van der Waals surface area contributed by atoms with Crippen molar-refractivity contribution < 1.29 is 26.4 Å². The first-order valence-electron chi connectivity index (χ1n) is 8.57. The second-order valence-electron chi connectivity index (χ2n) is 6.15. The molecule has 30 heavy (non-hydrogen) atoms. The second kappa shape index (κ2) is 8.46. The molecule has 0 spiro atoms. The van der Waals surface area contributed by atoms with Crippen LogP contribution in [0.5, 0.6) is 0 Å². The van der Waals surface area contributed by atoms with Gasteiger partial charge in [-0.05, 0) is 54.6 Å². The third-order valence-corrected chi connectivity index (χ3v) is 5.36. The van der Waals surface area contributed by atoms with Crippen molar-refractivity contribution in [2.24, 2.45) is 0 Å². The summed E-state index contributed by atoms with van der Waals surface area (Å²) in [6.07, 6.45) is -4.59. The van der Waals surface area contributed by atoms with Gasteiger partial charge in [-0.25, -0.2) is 8.42 Å². The fraction of sp³-hybridized carbons (Fsp3) is 0.0500. The lowest BCUT2D eigenvalue weighted by atomic mass is 10.2. The molecule has 0 bridgehead atoms. The van der Waals surface area contributed by atoms with Crippen LogP contribution in [-0.4, -0.2) is 14.3 Å². The van der Waals surface area contributed by atoms with Crippen LogP contribution in [-0.2, 0) is 16.2 Å². The van der Waals surface area contributed by atoms with E-state index in [1.54, 1.807) is 24.3 Å². The van der Waals surface area contributed by atoms with Crippen LogP contribution in [0.4, 0.5) is 24.5 Å². The number of hydrogen-bond acceptors (Lipinski definition) is 4. The predicted molar refractivity (Wildman–Crippen MR) is 106 cm³/mol. The highest BCUT2D eigenvalue weighted by atomic mass is 32.2. The van der Waals surface area contributed by atoms with Crippen LogP contribution in [0.25, 0.3) is 0 Å². The first kappa shape index (κ1) is 21.2. The summed E-state index contributed by atoms with van der Waals surface area (Å²) in [5.74, 6) is -0.492. The van der Waals surface area contributed by atoms with E-state index in [2.05, 4.69) is 15.6 Å². The van der Waals surface area contributed by atoms with Crippen molar-refractivity contribution >= 4 is 27.3 Å². The molecule has 0 saturated carbocycles. The van der Waals surface area contributed by atoms with Crippen molar-refractivity contribution in [3.63, 3.8) is 0 Å². The summed E-state index contributed by atoms with van der Waals surface area (Å²) < 4.78 is 65.4. The number of carbonyl (C=O) groups excluding carboxylic acids is 1. The minimum absolute atomic E-state index is 0.191. The number of carbonyl (C=O) groups is 1. The van der Waals surface area contributed by atoms with Crippen molar-refractivity contribution in [3.8, 4) is 0 Å². The van der Waals surface area contributed by atoms with Crippen LogP contribution < -0.4 is 15.6 Å². The molecule has 0 aromatic heterocycles. The zero-order valence-corrected chi connectivity index (χ0v) is 16.1. The van der Waals surface area contributed by atoms with Gasteiger partial charge in [-0.3, -0.25) is 20.4 Å². The van der Waals surface area contributed by atoms with E-state index in [0.29, 0.717) is 11.8 Å². The Morgan fingerprint density at radius 1 is 0.800 bits per heavy atom. The lowest BCUT2D eigenvalue weighted by Crippen LogP contribution is -2.29. The summed E-state index contributed by atoms with van der Waals surface area (Å²) in [4.78, 5) is 12.0. The smallest absolute Gasteiger partial charge is 0.298 e. The molecule has 0 fully saturated rings. The molecule has 0 saturated heterocycles. The first-order valence-corrected chi connectivity index (χ1v) is 10.0. The van der Waals surface area contributed by atoms with Gasteiger partial charge in [-0.1, -0.05) is 24.3 Å². The number of hydrazine groups is 1. The topological polar surface area (TPSA) is 87.3 Å². The standard InChI is InChI=1S/C20H16F3N3O3S/c21-20(22,23)15-5-4-8-17(13-15)26-30(28,29)18-11-9-14(10-12-18)19(27)25-24-16-6-2-1-3-7-16/h1-13,24,26H,(H,25,27). The number of sulfonamides is 1. The monoisotopic (exact) mass is 435 g/mol. The molecule has 0 aliphatic heterocycles. The maximum atomic E-state index is 12.8. The SMILES string of the molecule is O=C(NNc1ccccc1)c1ccc(S(=O)(=O)Nc2cccc(C(F)(F)F)c2)cc1. The Balaban J connectivity index is 1.69. The Bertz CT molecular complexity index is 1130. The Kier molecular flexibility index (Phi) is 5.97. The lowest BCUT2D eigenvalue weighted by molar-refractivity contribution is -0.137. The average Bonchev–Trinajstić information content (AvgIpc) is 2.72. The molecule has 3 N–H and O–H groups in total. The molecule has 0 heterocycles. The summed E-state index contributed by atoms with van der Waals surface area (Å²) in [5, 5.41) is 0. The highest BCUT2D eigenvalue weighted by Crippen LogP contribution is 2.31. The van der Waals surface area contributed by atoms with Gasteiger partial charge in [0.05, 0.1) is 16.1 Å². The minimum Gasteiger partial charge on any atom is -0.298 e. The number of rotatable bonds is 6. The van der Waals surface area contributed by atoms with Crippen molar-refractivity contribution in [2.45, 2.75) is 11.1 Å². The normalized spacial score (nSPS) is 11.6. The van der Waals surface area contributed by atoms with Crippen LogP contribution >= 0.6 is 0 Å². The Morgan fingerprint density at radius 3 is 2.07 bits per heavy atom. The fourth-order valence-corrected chi connectivity index (χ4v) is 3.53. The van der Waals surface area contributed by atoms with Gasteiger partial charge < -0.3 is 0 Å². The Hall–Kier alpha value is -3.53.